The smallest absolute Gasteiger partial charge is 0.0413 e. The largest absolute Gasteiger partial charge is 0.261 e. The fourth-order valence-electron chi connectivity index (χ4n) is 2.41. The van der Waals surface area contributed by atoms with Gasteiger partial charge in [0.25, 0.3) is 0 Å². The number of fused-ring (bicyclic) bond motifs is 1. The molecule has 19 heavy (non-hydrogen) atoms. The van der Waals surface area contributed by atoms with Crippen LogP contribution in [0, 0.1) is 6.92 Å². The van der Waals surface area contributed by atoms with Gasteiger partial charge >= 0.3 is 0 Å². The van der Waals surface area contributed by atoms with E-state index in [-0.39, 0.29) is 0 Å². The molecule has 1 aromatic heterocycles. The van der Waals surface area contributed by atoms with Crippen molar-refractivity contribution in [2.24, 2.45) is 0 Å². The molecule has 0 radical (unpaired) electrons. The van der Waals surface area contributed by atoms with Gasteiger partial charge in [0.2, 0.25) is 0 Å². The molecule has 0 atom stereocenters. The molecule has 0 N–H and O–H groups in total. The van der Waals surface area contributed by atoms with Crippen LogP contribution in [-0.4, -0.2) is 4.98 Å². The maximum absolute atomic E-state index is 4.54. The second-order valence-corrected chi connectivity index (χ2v) is 5.01. The van der Waals surface area contributed by atoms with Gasteiger partial charge in [-0.2, -0.15) is 0 Å². The maximum atomic E-state index is 4.54. The molecule has 1 heterocycles. The summed E-state index contributed by atoms with van der Waals surface area (Å²) >= 11 is 0. The van der Waals surface area contributed by atoms with Crippen molar-refractivity contribution in [2.75, 3.05) is 0 Å². The van der Waals surface area contributed by atoms with Gasteiger partial charge in [0.15, 0.2) is 0 Å². The topological polar surface area (TPSA) is 12.9 Å². The summed E-state index contributed by atoms with van der Waals surface area (Å²) < 4.78 is 0. The molecule has 0 amide bonds. The van der Waals surface area contributed by atoms with Crippen molar-refractivity contribution in [3.63, 3.8) is 0 Å². The highest BCUT2D eigenvalue weighted by atomic mass is 14.7. The minimum absolute atomic E-state index is 0.994. The van der Waals surface area contributed by atoms with Crippen LogP contribution < -0.4 is 0 Å². The summed E-state index contributed by atoms with van der Waals surface area (Å²) in [6, 6.07) is 19.3. The first kappa shape index (κ1) is 11.9. The van der Waals surface area contributed by atoms with Gasteiger partial charge in [-0.05, 0) is 36.8 Å². The minimum Gasteiger partial charge on any atom is -0.261 e. The fraction of sp³-hybridized carbons (Fsp3) is 0.167. The molecule has 3 aromatic rings. The van der Waals surface area contributed by atoms with Crippen molar-refractivity contribution in [3.8, 4) is 0 Å². The van der Waals surface area contributed by atoms with E-state index >= 15 is 0 Å². The Hall–Kier alpha value is -2.15. The van der Waals surface area contributed by atoms with E-state index in [2.05, 4.69) is 66.5 Å². The van der Waals surface area contributed by atoms with Crippen LogP contribution in [0.1, 0.15) is 16.8 Å². The predicted molar refractivity (Wildman–Crippen MR) is 80.3 cm³/mol. The summed E-state index contributed by atoms with van der Waals surface area (Å²) in [5.41, 5.74) is 3.87. The van der Waals surface area contributed by atoms with E-state index in [1.54, 1.807) is 0 Å². The first-order valence-electron chi connectivity index (χ1n) is 6.70. The summed E-state index contributed by atoms with van der Waals surface area (Å²) in [5.74, 6) is 0. The third-order valence-corrected chi connectivity index (χ3v) is 3.44. The molecule has 0 aliphatic carbocycles. The van der Waals surface area contributed by atoms with E-state index in [4.69, 9.17) is 0 Å². The van der Waals surface area contributed by atoms with Crippen LogP contribution >= 0.6 is 0 Å². The average Bonchev–Trinajstić information content (AvgIpc) is 2.45. The lowest BCUT2D eigenvalue weighted by molar-refractivity contribution is 0.916. The van der Waals surface area contributed by atoms with E-state index in [1.165, 1.54) is 27.6 Å². The van der Waals surface area contributed by atoms with Gasteiger partial charge in [-0.25, -0.2) is 0 Å². The van der Waals surface area contributed by atoms with Crippen LogP contribution in [0.15, 0.2) is 60.8 Å². The molecule has 3 rings (SSSR count). The lowest BCUT2D eigenvalue weighted by Gasteiger charge is -2.04. The molecule has 2 aromatic carbocycles. The predicted octanol–water partition coefficient (Wildman–Crippen LogP) is 4.33. The highest BCUT2D eigenvalue weighted by Gasteiger charge is 1.99. The van der Waals surface area contributed by atoms with Gasteiger partial charge in [0, 0.05) is 17.3 Å². The molecule has 94 valence electrons. The van der Waals surface area contributed by atoms with E-state index in [0.717, 1.165) is 12.8 Å². The number of aromatic nitrogens is 1. The monoisotopic (exact) mass is 247 g/mol. The highest BCUT2D eigenvalue weighted by Crippen LogP contribution is 2.15. The summed E-state index contributed by atoms with van der Waals surface area (Å²) in [4.78, 5) is 4.54. The molecule has 0 saturated carbocycles. The molecule has 0 fully saturated rings. The zero-order valence-corrected chi connectivity index (χ0v) is 11.1. The van der Waals surface area contributed by atoms with E-state index < -0.39 is 0 Å². The van der Waals surface area contributed by atoms with Crippen LogP contribution in [0.4, 0.5) is 0 Å². The van der Waals surface area contributed by atoms with Crippen molar-refractivity contribution in [2.45, 2.75) is 19.8 Å². The second kappa shape index (κ2) is 5.23. The van der Waals surface area contributed by atoms with Crippen LogP contribution in [-0.2, 0) is 12.8 Å². The Kier molecular flexibility index (Phi) is 3.28. The van der Waals surface area contributed by atoms with Crippen LogP contribution in [0.5, 0.6) is 0 Å². The molecule has 0 spiro atoms. The van der Waals surface area contributed by atoms with Crippen molar-refractivity contribution in [3.05, 3.63) is 77.6 Å². The molecule has 1 nitrogen and oxygen atoms in total. The molecular weight excluding hydrogens is 230 g/mol. The Labute approximate surface area is 113 Å². The Balaban J connectivity index is 1.78. The Morgan fingerprint density at radius 2 is 1.68 bits per heavy atom. The molecule has 1 heteroatoms. The average molecular weight is 247 g/mol. The van der Waals surface area contributed by atoms with Crippen molar-refractivity contribution >= 4 is 10.8 Å². The second-order valence-electron chi connectivity index (χ2n) is 5.01. The lowest BCUT2D eigenvalue weighted by atomic mass is 10.0. The Morgan fingerprint density at radius 1 is 0.842 bits per heavy atom. The number of aryl methyl sites for hydroxylation is 3. The molecule has 0 bridgehead atoms. The van der Waals surface area contributed by atoms with Gasteiger partial charge in [0.1, 0.15) is 0 Å². The standard InChI is InChI=1S/C18H17N/c1-14-5-4-6-15(11-14)9-10-18-12-16-7-2-3-8-17(16)13-19-18/h2-8,11-13H,9-10H2,1H3. The third-order valence-electron chi connectivity index (χ3n) is 3.44. The Morgan fingerprint density at radius 3 is 2.53 bits per heavy atom. The number of benzene rings is 2. The van der Waals surface area contributed by atoms with Crippen LogP contribution in [0.3, 0.4) is 0 Å². The summed E-state index contributed by atoms with van der Waals surface area (Å²) in [6.07, 6.45) is 4.02. The number of hydrogen-bond acceptors (Lipinski definition) is 1. The normalized spacial score (nSPS) is 10.8. The van der Waals surface area contributed by atoms with Gasteiger partial charge in [-0.1, -0.05) is 54.1 Å². The first-order chi connectivity index (χ1) is 9.31. The molecule has 0 saturated heterocycles. The van der Waals surface area contributed by atoms with Gasteiger partial charge in [-0.3, -0.25) is 4.98 Å². The van der Waals surface area contributed by atoms with Gasteiger partial charge in [0.05, 0.1) is 0 Å². The quantitative estimate of drug-likeness (QED) is 0.671. The summed E-state index contributed by atoms with van der Waals surface area (Å²) in [6.45, 7) is 2.14. The van der Waals surface area contributed by atoms with E-state index in [1.807, 2.05) is 6.20 Å². The molecule has 0 aliphatic rings. The summed E-state index contributed by atoms with van der Waals surface area (Å²) in [5, 5.41) is 2.48. The number of nitrogens with zero attached hydrogens (tertiary/aromatic N) is 1. The van der Waals surface area contributed by atoms with Gasteiger partial charge < -0.3 is 0 Å². The number of rotatable bonds is 3. The summed E-state index contributed by atoms with van der Waals surface area (Å²) in [7, 11) is 0. The minimum atomic E-state index is 0.994. The zero-order valence-electron chi connectivity index (χ0n) is 11.1. The molecular formula is C18H17N. The first-order valence-corrected chi connectivity index (χ1v) is 6.70. The van der Waals surface area contributed by atoms with Crippen molar-refractivity contribution in [1.82, 2.24) is 4.98 Å². The van der Waals surface area contributed by atoms with E-state index in [9.17, 15) is 0 Å². The molecule has 0 unspecified atom stereocenters. The van der Waals surface area contributed by atoms with Crippen molar-refractivity contribution < 1.29 is 0 Å². The van der Waals surface area contributed by atoms with E-state index in [0.29, 0.717) is 0 Å². The lowest BCUT2D eigenvalue weighted by Crippen LogP contribution is -1.94. The highest BCUT2D eigenvalue weighted by molar-refractivity contribution is 5.81. The SMILES string of the molecule is Cc1cccc(CCc2cc3ccccc3cn2)c1. The maximum Gasteiger partial charge on any atom is 0.0413 e. The molecule has 0 aliphatic heterocycles. The fourth-order valence-corrected chi connectivity index (χ4v) is 2.41. The van der Waals surface area contributed by atoms with Crippen molar-refractivity contribution in [1.29, 1.82) is 0 Å². The zero-order chi connectivity index (χ0) is 13.1. The van der Waals surface area contributed by atoms with Gasteiger partial charge in [-0.15, -0.1) is 0 Å². The third kappa shape index (κ3) is 2.82. The number of pyridine rings is 1. The Bertz CT molecular complexity index is 701. The van der Waals surface area contributed by atoms with Crippen LogP contribution in [0.25, 0.3) is 10.8 Å². The van der Waals surface area contributed by atoms with Crippen LogP contribution in [0.2, 0.25) is 0 Å². The number of hydrogen-bond donors (Lipinski definition) is 0.